The SMILES string of the molecule is Cc1ccc(C2=NC(O)CC2(C)C)cc1. The average molecular weight is 203 g/mol. The van der Waals surface area contributed by atoms with Gasteiger partial charge in [-0.1, -0.05) is 43.7 Å². The molecule has 2 heteroatoms. The monoisotopic (exact) mass is 203 g/mol. The highest BCUT2D eigenvalue weighted by molar-refractivity contribution is 6.05. The highest BCUT2D eigenvalue weighted by atomic mass is 16.3. The van der Waals surface area contributed by atoms with Gasteiger partial charge in [0.2, 0.25) is 0 Å². The van der Waals surface area contributed by atoms with E-state index in [-0.39, 0.29) is 5.41 Å². The Morgan fingerprint density at radius 1 is 1.27 bits per heavy atom. The van der Waals surface area contributed by atoms with Gasteiger partial charge < -0.3 is 5.11 Å². The summed E-state index contributed by atoms with van der Waals surface area (Å²) in [5.41, 5.74) is 3.38. The molecule has 1 atom stereocenters. The zero-order chi connectivity index (χ0) is 11.1. The van der Waals surface area contributed by atoms with Crippen molar-refractivity contribution in [1.29, 1.82) is 0 Å². The third-order valence-electron chi connectivity index (χ3n) is 2.94. The van der Waals surface area contributed by atoms with E-state index in [2.05, 4.69) is 50.0 Å². The summed E-state index contributed by atoms with van der Waals surface area (Å²) < 4.78 is 0. The molecule has 0 aromatic heterocycles. The number of rotatable bonds is 1. The molecule has 1 aromatic rings. The summed E-state index contributed by atoms with van der Waals surface area (Å²) in [5, 5.41) is 9.56. The number of nitrogens with zero attached hydrogens (tertiary/aromatic N) is 1. The second kappa shape index (κ2) is 3.46. The molecular weight excluding hydrogens is 186 g/mol. The lowest BCUT2D eigenvalue weighted by atomic mass is 9.82. The van der Waals surface area contributed by atoms with Crippen LogP contribution in [0.4, 0.5) is 0 Å². The summed E-state index contributed by atoms with van der Waals surface area (Å²) in [5.74, 6) is 0. The summed E-state index contributed by atoms with van der Waals surface area (Å²) in [6.07, 6.45) is 0.187. The smallest absolute Gasteiger partial charge is 0.146 e. The standard InChI is InChI=1S/C13H17NO/c1-9-4-6-10(7-5-9)12-13(2,3)8-11(15)14-12/h4-7,11,15H,8H2,1-3H3. The minimum absolute atomic E-state index is 0.0192. The molecule has 1 aromatic carbocycles. The van der Waals surface area contributed by atoms with Gasteiger partial charge in [0.25, 0.3) is 0 Å². The zero-order valence-electron chi connectivity index (χ0n) is 9.49. The molecule has 0 saturated carbocycles. The lowest BCUT2D eigenvalue weighted by molar-refractivity contribution is 0.163. The van der Waals surface area contributed by atoms with Crippen LogP contribution in [-0.4, -0.2) is 17.0 Å². The number of hydrogen-bond acceptors (Lipinski definition) is 2. The number of aryl methyl sites for hydroxylation is 1. The van der Waals surface area contributed by atoms with Crippen LogP contribution in [0.2, 0.25) is 0 Å². The molecule has 15 heavy (non-hydrogen) atoms. The van der Waals surface area contributed by atoms with E-state index < -0.39 is 6.23 Å². The van der Waals surface area contributed by atoms with E-state index >= 15 is 0 Å². The van der Waals surface area contributed by atoms with Gasteiger partial charge in [0.05, 0.1) is 5.71 Å². The third kappa shape index (κ3) is 1.95. The van der Waals surface area contributed by atoms with Crippen molar-refractivity contribution in [3.63, 3.8) is 0 Å². The zero-order valence-corrected chi connectivity index (χ0v) is 9.49. The van der Waals surface area contributed by atoms with Crippen molar-refractivity contribution in [2.45, 2.75) is 33.4 Å². The fourth-order valence-electron chi connectivity index (χ4n) is 2.10. The van der Waals surface area contributed by atoms with Crippen LogP contribution >= 0.6 is 0 Å². The third-order valence-corrected chi connectivity index (χ3v) is 2.94. The summed E-state index contributed by atoms with van der Waals surface area (Å²) in [6.45, 7) is 6.32. The molecule has 1 aliphatic rings. The lowest BCUT2D eigenvalue weighted by Crippen LogP contribution is -2.21. The number of aliphatic imine (C=N–C) groups is 1. The van der Waals surface area contributed by atoms with Crippen molar-refractivity contribution >= 4 is 5.71 Å². The van der Waals surface area contributed by atoms with E-state index in [9.17, 15) is 5.11 Å². The Hall–Kier alpha value is -1.15. The van der Waals surface area contributed by atoms with Gasteiger partial charge in [-0.25, -0.2) is 0 Å². The van der Waals surface area contributed by atoms with Crippen LogP contribution in [0.15, 0.2) is 29.3 Å². The van der Waals surface area contributed by atoms with Crippen molar-refractivity contribution < 1.29 is 5.11 Å². The van der Waals surface area contributed by atoms with Crippen molar-refractivity contribution in [2.75, 3.05) is 0 Å². The highest BCUT2D eigenvalue weighted by Crippen LogP contribution is 2.34. The lowest BCUT2D eigenvalue weighted by Gasteiger charge is -2.20. The number of aliphatic hydroxyl groups is 1. The minimum Gasteiger partial charge on any atom is -0.372 e. The molecule has 0 spiro atoms. The van der Waals surface area contributed by atoms with Crippen LogP contribution in [0, 0.1) is 12.3 Å². The minimum atomic E-state index is -0.531. The maximum Gasteiger partial charge on any atom is 0.146 e. The molecule has 1 aliphatic heterocycles. The molecule has 0 saturated heterocycles. The second-order valence-electron chi connectivity index (χ2n) is 4.91. The predicted octanol–water partition coefficient (Wildman–Crippen LogP) is 2.53. The quantitative estimate of drug-likeness (QED) is 0.747. The van der Waals surface area contributed by atoms with Crippen molar-refractivity contribution in [1.82, 2.24) is 0 Å². The fourth-order valence-corrected chi connectivity index (χ4v) is 2.10. The molecule has 0 amide bonds. The first-order valence-electron chi connectivity index (χ1n) is 5.32. The van der Waals surface area contributed by atoms with Gasteiger partial charge in [-0.2, -0.15) is 0 Å². The van der Waals surface area contributed by atoms with Crippen LogP contribution in [0.3, 0.4) is 0 Å². The maximum atomic E-state index is 9.56. The summed E-state index contributed by atoms with van der Waals surface area (Å²) >= 11 is 0. The molecule has 2 nitrogen and oxygen atoms in total. The Labute approximate surface area is 90.7 Å². The van der Waals surface area contributed by atoms with Gasteiger partial charge in [-0.15, -0.1) is 0 Å². The summed E-state index contributed by atoms with van der Waals surface area (Å²) in [4.78, 5) is 4.31. The number of hydrogen-bond donors (Lipinski definition) is 1. The first-order chi connectivity index (χ1) is 6.99. The van der Waals surface area contributed by atoms with Crippen LogP contribution in [0.25, 0.3) is 0 Å². The fraction of sp³-hybridized carbons (Fsp3) is 0.462. The van der Waals surface area contributed by atoms with Crippen LogP contribution < -0.4 is 0 Å². The van der Waals surface area contributed by atoms with Crippen molar-refractivity contribution in [2.24, 2.45) is 10.4 Å². The van der Waals surface area contributed by atoms with E-state index in [4.69, 9.17) is 0 Å². The van der Waals surface area contributed by atoms with Crippen molar-refractivity contribution in [3.8, 4) is 0 Å². The highest BCUT2D eigenvalue weighted by Gasteiger charge is 2.34. The van der Waals surface area contributed by atoms with Gasteiger partial charge in [0.15, 0.2) is 0 Å². The van der Waals surface area contributed by atoms with E-state index in [1.807, 2.05) is 0 Å². The maximum absolute atomic E-state index is 9.56. The van der Waals surface area contributed by atoms with Gasteiger partial charge in [0.1, 0.15) is 6.23 Å². The average Bonchev–Trinajstić information content (AvgIpc) is 2.41. The Balaban J connectivity index is 2.39. The Morgan fingerprint density at radius 2 is 1.87 bits per heavy atom. The second-order valence-corrected chi connectivity index (χ2v) is 4.91. The molecule has 0 fully saturated rings. The Morgan fingerprint density at radius 3 is 2.33 bits per heavy atom. The van der Waals surface area contributed by atoms with E-state index in [1.165, 1.54) is 5.56 Å². The summed E-state index contributed by atoms with van der Waals surface area (Å²) in [7, 11) is 0. The Kier molecular flexibility index (Phi) is 2.39. The number of aliphatic hydroxyl groups excluding tert-OH is 1. The van der Waals surface area contributed by atoms with Crippen LogP contribution in [-0.2, 0) is 0 Å². The molecule has 0 radical (unpaired) electrons. The van der Waals surface area contributed by atoms with Crippen molar-refractivity contribution in [3.05, 3.63) is 35.4 Å². The molecule has 1 heterocycles. The van der Waals surface area contributed by atoms with Gasteiger partial charge >= 0.3 is 0 Å². The normalized spacial score (nSPS) is 24.0. The molecule has 1 N–H and O–H groups in total. The van der Waals surface area contributed by atoms with Gasteiger partial charge in [0, 0.05) is 11.8 Å². The largest absolute Gasteiger partial charge is 0.372 e. The summed E-state index contributed by atoms with van der Waals surface area (Å²) in [6, 6.07) is 8.32. The van der Waals surface area contributed by atoms with Gasteiger partial charge in [-0.05, 0) is 12.5 Å². The Bertz CT molecular complexity index is 390. The molecule has 0 bridgehead atoms. The molecule has 80 valence electrons. The first kappa shape index (κ1) is 10.4. The predicted molar refractivity (Wildman–Crippen MR) is 62.1 cm³/mol. The topological polar surface area (TPSA) is 32.6 Å². The van der Waals surface area contributed by atoms with Crippen LogP contribution in [0.1, 0.15) is 31.4 Å². The molecular formula is C13H17NO. The molecule has 0 aliphatic carbocycles. The molecule has 2 rings (SSSR count). The van der Waals surface area contributed by atoms with Crippen LogP contribution in [0.5, 0.6) is 0 Å². The van der Waals surface area contributed by atoms with E-state index in [0.717, 1.165) is 17.7 Å². The van der Waals surface area contributed by atoms with E-state index in [0.29, 0.717) is 0 Å². The number of benzene rings is 1. The first-order valence-corrected chi connectivity index (χ1v) is 5.32. The van der Waals surface area contributed by atoms with Gasteiger partial charge in [-0.3, -0.25) is 4.99 Å². The van der Waals surface area contributed by atoms with E-state index in [1.54, 1.807) is 0 Å². The molecule has 1 unspecified atom stereocenters.